The normalized spacial score (nSPS) is 11.6. The highest BCUT2D eigenvalue weighted by atomic mass is 19.1. The molecular weight excluding hydrogens is 275 g/mol. The Kier molecular flexibility index (Phi) is 4.47. The van der Waals surface area contributed by atoms with Crippen LogP contribution in [0.3, 0.4) is 0 Å². The van der Waals surface area contributed by atoms with E-state index in [-0.39, 0.29) is 18.9 Å². The molecule has 0 aliphatic rings. The van der Waals surface area contributed by atoms with Gasteiger partial charge in [0.25, 0.3) is 0 Å². The Balaban J connectivity index is 2.20. The van der Waals surface area contributed by atoms with Crippen molar-refractivity contribution in [1.29, 1.82) is 10.5 Å². The van der Waals surface area contributed by atoms with E-state index in [9.17, 15) is 9.18 Å². The van der Waals surface area contributed by atoms with Gasteiger partial charge in [-0.1, -0.05) is 0 Å². The van der Waals surface area contributed by atoms with Gasteiger partial charge < -0.3 is 4.42 Å². The van der Waals surface area contributed by atoms with Crippen LogP contribution in [-0.4, -0.2) is 9.78 Å². The van der Waals surface area contributed by atoms with E-state index in [0.29, 0.717) is 12.0 Å². The average molecular weight is 286 g/mol. The lowest BCUT2D eigenvalue weighted by Crippen LogP contribution is -2.20. The minimum atomic E-state index is -0.688. The van der Waals surface area contributed by atoms with E-state index in [0.717, 1.165) is 4.68 Å². The summed E-state index contributed by atoms with van der Waals surface area (Å²) >= 11 is 0. The first-order chi connectivity index (χ1) is 10.1. The lowest BCUT2D eigenvalue weighted by Gasteiger charge is -2.04. The van der Waals surface area contributed by atoms with Crippen LogP contribution in [0, 0.1) is 34.4 Å². The van der Waals surface area contributed by atoms with Gasteiger partial charge in [-0.25, -0.2) is 9.18 Å². The second-order valence-corrected chi connectivity index (χ2v) is 4.38. The van der Waals surface area contributed by atoms with Crippen LogP contribution in [0.2, 0.25) is 0 Å². The maximum atomic E-state index is 12.8. The van der Waals surface area contributed by atoms with Crippen molar-refractivity contribution in [2.75, 3.05) is 0 Å². The molecule has 6 nitrogen and oxygen atoms in total. The van der Waals surface area contributed by atoms with Gasteiger partial charge in [-0.15, -0.1) is 5.10 Å². The third kappa shape index (κ3) is 3.54. The molecule has 1 unspecified atom stereocenters. The van der Waals surface area contributed by atoms with E-state index in [1.807, 2.05) is 12.1 Å². The van der Waals surface area contributed by atoms with Gasteiger partial charge >= 0.3 is 5.76 Å². The largest absolute Gasteiger partial charge is 0.437 e. The first kappa shape index (κ1) is 14.5. The van der Waals surface area contributed by atoms with Crippen molar-refractivity contribution in [3.8, 4) is 23.6 Å². The Bertz CT molecular complexity index is 749. The molecule has 0 amide bonds. The average Bonchev–Trinajstić information content (AvgIpc) is 2.85. The lowest BCUT2D eigenvalue weighted by atomic mass is 10.1. The Labute approximate surface area is 119 Å². The molecule has 0 saturated carbocycles. The number of rotatable bonds is 5. The summed E-state index contributed by atoms with van der Waals surface area (Å²) in [5.74, 6) is -1.52. The molecule has 0 radical (unpaired) electrons. The molecule has 0 N–H and O–H groups in total. The number of nitrogens with zero attached hydrogens (tertiary/aromatic N) is 4. The van der Waals surface area contributed by atoms with E-state index in [1.165, 1.54) is 24.3 Å². The second kappa shape index (κ2) is 6.49. The van der Waals surface area contributed by atoms with Crippen molar-refractivity contribution in [2.45, 2.75) is 19.4 Å². The molecule has 0 spiro atoms. The van der Waals surface area contributed by atoms with Crippen LogP contribution in [0.5, 0.6) is 0 Å². The molecule has 7 heteroatoms. The number of hydrogen-bond donors (Lipinski definition) is 0. The van der Waals surface area contributed by atoms with E-state index in [4.69, 9.17) is 14.9 Å². The predicted octanol–water partition coefficient (Wildman–Crippen LogP) is 2.09. The van der Waals surface area contributed by atoms with Crippen molar-refractivity contribution < 1.29 is 8.81 Å². The van der Waals surface area contributed by atoms with Crippen LogP contribution in [-0.2, 0) is 6.54 Å². The summed E-state index contributed by atoms with van der Waals surface area (Å²) < 4.78 is 18.9. The zero-order valence-corrected chi connectivity index (χ0v) is 11.0. The van der Waals surface area contributed by atoms with Gasteiger partial charge in [0.15, 0.2) is 0 Å². The van der Waals surface area contributed by atoms with E-state index < -0.39 is 17.5 Å². The summed E-state index contributed by atoms with van der Waals surface area (Å²) in [7, 11) is 0. The molecule has 0 bridgehead atoms. The van der Waals surface area contributed by atoms with Gasteiger partial charge in [0.05, 0.1) is 24.6 Å². The van der Waals surface area contributed by atoms with Gasteiger partial charge in [0.2, 0.25) is 5.89 Å². The van der Waals surface area contributed by atoms with Crippen LogP contribution >= 0.6 is 0 Å². The highest BCUT2D eigenvalue weighted by molar-refractivity contribution is 5.51. The molecule has 0 aliphatic carbocycles. The zero-order valence-electron chi connectivity index (χ0n) is 11.0. The number of nitriles is 2. The van der Waals surface area contributed by atoms with Crippen LogP contribution in [0.4, 0.5) is 4.39 Å². The Morgan fingerprint density at radius 2 is 2.05 bits per heavy atom. The quantitative estimate of drug-likeness (QED) is 0.838. The van der Waals surface area contributed by atoms with Crippen molar-refractivity contribution in [3.05, 3.63) is 40.6 Å². The molecule has 2 rings (SSSR count). The third-order valence-electron chi connectivity index (χ3n) is 2.88. The molecule has 2 aromatic rings. The Morgan fingerprint density at radius 1 is 1.33 bits per heavy atom. The van der Waals surface area contributed by atoms with Crippen LogP contribution in [0.25, 0.3) is 11.5 Å². The zero-order chi connectivity index (χ0) is 15.2. The van der Waals surface area contributed by atoms with E-state index >= 15 is 0 Å². The molecule has 0 saturated heterocycles. The maximum absolute atomic E-state index is 12.8. The smallest absolute Gasteiger partial charge is 0.388 e. The second-order valence-electron chi connectivity index (χ2n) is 4.38. The highest BCUT2D eigenvalue weighted by Crippen LogP contribution is 2.16. The van der Waals surface area contributed by atoms with Gasteiger partial charge in [0, 0.05) is 12.0 Å². The molecule has 21 heavy (non-hydrogen) atoms. The van der Waals surface area contributed by atoms with E-state index in [1.54, 1.807) is 0 Å². The Morgan fingerprint density at radius 3 is 2.67 bits per heavy atom. The van der Waals surface area contributed by atoms with E-state index in [2.05, 4.69) is 5.10 Å². The monoisotopic (exact) mass is 286 g/mol. The summed E-state index contributed by atoms with van der Waals surface area (Å²) in [4.78, 5) is 11.7. The summed E-state index contributed by atoms with van der Waals surface area (Å²) in [6.07, 6.45) is 0.591. The highest BCUT2D eigenvalue weighted by Gasteiger charge is 2.15. The standard InChI is InChI=1S/C14H11FN4O2/c15-12-5-3-11(4-6-12)13-18-19(14(20)21-13)9-10(8-17)2-1-7-16/h3-6,10H,1-2,9H2. The van der Waals surface area contributed by atoms with Crippen molar-refractivity contribution in [2.24, 2.45) is 5.92 Å². The number of benzene rings is 1. The molecule has 106 valence electrons. The molecule has 1 heterocycles. The fourth-order valence-electron chi connectivity index (χ4n) is 1.77. The van der Waals surface area contributed by atoms with Crippen LogP contribution in [0.15, 0.2) is 33.5 Å². The first-order valence-corrected chi connectivity index (χ1v) is 6.24. The maximum Gasteiger partial charge on any atom is 0.437 e. The molecule has 0 fully saturated rings. The fraction of sp³-hybridized carbons (Fsp3) is 0.286. The predicted molar refractivity (Wildman–Crippen MR) is 70.1 cm³/mol. The number of hydrogen-bond acceptors (Lipinski definition) is 5. The molecule has 1 aromatic heterocycles. The van der Waals surface area contributed by atoms with Gasteiger partial charge in [0.1, 0.15) is 5.82 Å². The topological polar surface area (TPSA) is 95.6 Å². The molecule has 1 aromatic carbocycles. The van der Waals surface area contributed by atoms with Crippen LogP contribution < -0.4 is 5.76 Å². The fourth-order valence-corrected chi connectivity index (χ4v) is 1.77. The number of halogens is 1. The molecule has 1 atom stereocenters. The third-order valence-corrected chi connectivity index (χ3v) is 2.88. The summed E-state index contributed by atoms with van der Waals surface area (Å²) in [5.41, 5.74) is 0.470. The minimum absolute atomic E-state index is 0.0573. The van der Waals surface area contributed by atoms with Gasteiger partial charge in [-0.2, -0.15) is 15.2 Å². The van der Waals surface area contributed by atoms with Crippen molar-refractivity contribution >= 4 is 0 Å². The van der Waals surface area contributed by atoms with Crippen LogP contribution in [0.1, 0.15) is 12.8 Å². The van der Waals surface area contributed by atoms with Crippen molar-refractivity contribution in [3.63, 3.8) is 0 Å². The van der Waals surface area contributed by atoms with Crippen molar-refractivity contribution in [1.82, 2.24) is 9.78 Å². The SMILES string of the molecule is N#CCCC(C#N)Cn1nc(-c2ccc(F)cc2)oc1=O. The lowest BCUT2D eigenvalue weighted by molar-refractivity contribution is 0.430. The summed E-state index contributed by atoms with van der Waals surface area (Å²) in [6.45, 7) is 0.0573. The summed E-state index contributed by atoms with van der Waals surface area (Å²) in [5, 5.41) is 21.5. The Hall–Kier alpha value is -2.93. The van der Waals surface area contributed by atoms with Gasteiger partial charge in [-0.3, -0.25) is 0 Å². The first-order valence-electron chi connectivity index (χ1n) is 6.24. The number of aromatic nitrogens is 2. The minimum Gasteiger partial charge on any atom is -0.388 e. The summed E-state index contributed by atoms with van der Waals surface area (Å²) in [6, 6.07) is 9.34. The molecule has 0 aliphatic heterocycles. The van der Waals surface area contributed by atoms with Gasteiger partial charge in [-0.05, 0) is 30.7 Å². The molecular formula is C14H11FN4O2.